The summed E-state index contributed by atoms with van der Waals surface area (Å²) in [7, 11) is 0. The fraction of sp³-hybridized carbons (Fsp3) is 0.429. The number of anilines is 3. The van der Waals surface area contributed by atoms with Crippen molar-refractivity contribution in [3.63, 3.8) is 0 Å². The molecule has 1 saturated carbocycles. The van der Waals surface area contributed by atoms with Crippen LogP contribution in [0.1, 0.15) is 46.5 Å². The lowest BCUT2D eigenvalue weighted by Crippen LogP contribution is -2.22. The minimum absolute atomic E-state index is 0.0396. The smallest absolute Gasteiger partial charge is 0.370 e. The zero-order valence-corrected chi connectivity index (χ0v) is 17.3. The molecule has 30 heavy (non-hydrogen) atoms. The molecule has 160 valence electrons. The Kier molecular flexibility index (Phi) is 5.48. The summed E-state index contributed by atoms with van der Waals surface area (Å²) < 4.78 is 39.7. The van der Waals surface area contributed by atoms with E-state index in [1.807, 2.05) is 4.90 Å². The molecule has 4 rings (SSSR count). The number of amides is 2. The molecule has 2 heterocycles. The van der Waals surface area contributed by atoms with Gasteiger partial charge in [-0.1, -0.05) is 0 Å². The summed E-state index contributed by atoms with van der Waals surface area (Å²) in [4.78, 5) is 27.2. The van der Waals surface area contributed by atoms with Crippen LogP contribution in [0, 0.1) is 12.8 Å². The van der Waals surface area contributed by atoms with Crippen molar-refractivity contribution in [1.82, 2.24) is 0 Å². The molecule has 1 aliphatic heterocycles. The Labute approximate surface area is 176 Å². The Bertz CT molecular complexity index is 976. The van der Waals surface area contributed by atoms with Gasteiger partial charge in [-0.25, -0.2) is 0 Å². The van der Waals surface area contributed by atoms with Crippen LogP contribution in [0.15, 0.2) is 24.3 Å². The number of carbonyl (C=O) groups excluding carboxylic acids is 2. The quantitative estimate of drug-likeness (QED) is 0.669. The normalized spacial score (nSPS) is 16.6. The van der Waals surface area contributed by atoms with Gasteiger partial charge in [-0.05, 0) is 62.4 Å². The number of aryl methyl sites for hydroxylation is 1. The highest BCUT2D eigenvalue weighted by Crippen LogP contribution is 2.38. The Morgan fingerprint density at radius 1 is 1.10 bits per heavy atom. The number of nitrogens with one attached hydrogen (secondary N) is 2. The van der Waals surface area contributed by atoms with Crippen molar-refractivity contribution in [2.45, 2.75) is 38.8 Å². The maximum Gasteiger partial charge on any atom is 0.416 e. The van der Waals surface area contributed by atoms with Gasteiger partial charge in [0.05, 0.1) is 26.8 Å². The van der Waals surface area contributed by atoms with Gasteiger partial charge in [0.25, 0.3) is 5.91 Å². The van der Waals surface area contributed by atoms with E-state index < -0.39 is 17.6 Å². The maximum atomic E-state index is 13.2. The summed E-state index contributed by atoms with van der Waals surface area (Å²) in [6.45, 7) is 3.22. The van der Waals surface area contributed by atoms with Gasteiger partial charge in [0.1, 0.15) is 0 Å². The standard InChI is InChI=1S/C21H22F3N3O2S/c1-12-10-17(26-19(28)13-4-5-13)30-18(12)20(29)25-15-11-14(21(22,23)24)6-7-16(15)27-8-2-3-9-27/h6-7,10-11,13H,2-5,8-9H2,1H3,(H,25,29)(H,26,28). The molecule has 0 bridgehead atoms. The molecule has 0 spiro atoms. The fourth-order valence-electron chi connectivity index (χ4n) is 3.56. The number of thiophene rings is 1. The van der Waals surface area contributed by atoms with E-state index in [1.54, 1.807) is 13.0 Å². The molecule has 1 saturated heterocycles. The topological polar surface area (TPSA) is 61.4 Å². The predicted octanol–water partition coefficient (Wildman–Crippen LogP) is 5.28. The zero-order chi connectivity index (χ0) is 21.5. The van der Waals surface area contributed by atoms with E-state index in [4.69, 9.17) is 0 Å². The molecule has 1 aromatic heterocycles. The summed E-state index contributed by atoms with van der Waals surface area (Å²) in [5, 5.41) is 6.06. The van der Waals surface area contributed by atoms with Crippen molar-refractivity contribution < 1.29 is 22.8 Å². The zero-order valence-electron chi connectivity index (χ0n) is 16.4. The molecule has 9 heteroatoms. The SMILES string of the molecule is Cc1cc(NC(=O)C2CC2)sc1C(=O)Nc1cc(C(F)(F)F)ccc1N1CCCC1. The first-order valence-corrected chi connectivity index (χ1v) is 10.7. The third kappa shape index (κ3) is 4.45. The number of alkyl halides is 3. The minimum atomic E-state index is -4.50. The van der Waals surface area contributed by atoms with Crippen LogP contribution in [0.4, 0.5) is 29.5 Å². The number of hydrogen-bond acceptors (Lipinski definition) is 4. The lowest BCUT2D eigenvalue weighted by Gasteiger charge is -2.23. The first-order valence-electron chi connectivity index (χ1n) is 9.91. The second kappa shape index (κ2) is 7.94. The number of rotatable bonds is 5. The molecule has 0 atom stereocenters. The summed E-state index contributed by atoms with van der Waals surface area (Å²) in [6, 6.07) is 5.18. The second-order valence-electron chi connectivity index (χ2n) is 7.76. The molecule has 2 amide bonds. The number of benzene rings is 1. The van der Waals surface area contributed by atoms with Crippen LogP contribution in [-0.2, 0) is 11.0 Å². The summed E-state index contributed by atoms with van der Waals surface area (Å²) in [6.07, 6.45) is -0.830. The molecule has 0 unspecified atom stereocenters. The number of carbonyl (C=O) groups is 2. The summed E-state index contributed by atoms with van der Waals surface area (Å²) >= 11 is 1.13. The average Bonchev–Trinajstić information content (AvgIpc) is 3.27. The molecule has 0 radical (unpaired) electrons. The second-order valence-corrected chi connectivity index (χ2v) is 8.82. The predicted molar refractivity (Wildman–Crippen MR) is 111 cm³/mol. The Morgan fingerprint density at radius 2 is 1.80 bits per heavy atom. The van der Waals surface area contributed by atoms with Crippen molar-refractivity contribution >= 4 is 39.5 Å². The monoisotopic (exact) mass is 437 g/mol. The van der Waals surface area contributed by atoms with E-state index in [2.05, 4.69) is 10.6 Å². The van der Waals surface area contributed by atoms with Crippen LogP contribution in [-0.4, -0.2) is 24.9 Å². The highest BCUT2D eigenvalue weighted by molar-refractivity contribution is 7.18. The van der Waals surface area contributed by atoms with Gasteiger partial charge in [0.2, 0.25) is 5.91 Å². The van der Waals surface area contributed by atoms with Gasteiger partial charge >= 0.3 is 6.18 Å². The van der Waals surface area contributed by atoms with Gasteiger partial charge in [-0.2, -0.15) is 13.2 Å². The molecular weight excluding hydrogens is 415 g/mol. The van der Waals surface area contributed by atoms with E-state index in [-0.39, 0.29) is 17.5 Å². The Hall–Kier alpha value is -2.55. The van der Waals surface area contributed by atoms with Crippen LogP contribution < -0.4 is 15.5 Å². The van der Waals surface area contributed by atoms with Crippen molar-refractivity contribution in [1.29, 1.82) is 0 Å². The molecule has 2 aromatic rings. The van der Waals surface area contributed by atoms with Crippen molar-refractivity contribution in [2.24, 2.45) is 5.92 Å². The fourth-order valence-corrected chi connectivity index (χ4v) is 4.53. The average molecular weight is 437 g/mol. The molecule has 5 nitrogen and oxygen atoms in total. The summed E-state index contributed by atoms with van der Waals surface area (Å²) in [5.41, 5.74) is 0.595. The molecule has 2 N–H and O–H groups in total. The number of halogens is 3. The van der Waals surface area contributed by atoms with Crippen molar-refractivity contribution in [3.8, 4) is 0 Å². The lowest BCUT2D eigenvalue weighted by molar-refractivity contribution is -0.137. The molecule has 2 aliphatic rings. The highest BCUT2D eigenvalue weighted by atomic mass is 32.1. The Morgan fingerprint density at radius 3 is 2.43 bits per heavy atom. The first kappa shape index (κ1) is 20.7. The van der Waals surface area contributed by atoms with E-state index in [0.29, 0.717) is 21.1 Å². The van der Waals surface area contributed by atoms with E-state index in [0.717, 1.165) is 62.2 Å². The van der Waals surface area contributed by atoms with E-state index in [1.165, 1.54) is 6.07 Å². The van der Waals surface area contributed by atoms with Crippen LogP contribution in [0.3, 0.4) is 0 Å². The first-order chi connectivity index (χ1) is 14.2. The van der Waals surface area contributed by atoms with Gasteiger partial charge in [-0.3, -0.25) is 9.59 Å². The van der Waals surface area contributed by atoms with Crippen LogP contribution in [0.2, 0.25) is 0 Å². The lowest BCUT2D eigenvalue weighted by atomic mass is 10.1. The van der Waals surface area contributed by atoms with E-state index in [9.17, 15) is 22.8 Å². The minimum Gasteiger partial charge on any atom is -0.370 e. The molecule has 2 fully saturated rings. The largest absolute Gasteiger partial charge is 0.416 e. The van der Waals surface area contributed by atoms with Gasteiger partial charge in [-0.15, -0.1) is 11.3 Å². The third-order valence-electron chi connectivity index (χ3n) is 5.34. The van der Waals surface area contributed by atoms with Crippen LogP contribution in [0.5, 0.6) is 0 Å². The van der Waals surface area contributed by atoms with Crippen molar-refractivity contribution in [2.75, 3.05) is 28.6 Å². The number of nitrogens with zero attached hydrogens (tertiary/aromatic N) is 1. The highest BCUT2D eigenvalue weighted by Gasteiger charge is 2.32. The van der Waals surface area contributed by atoms with Gasteiger partial charge in [0.15, 0.2) is 0 Å². The molecular formula is C21H22F3N3O2S. The van der Waals surface area contributed by atoms with E-state index >= 15 is 0 Å². The van der Waals surface area contributed by atoms with Gasteiger partial charge < -0.3 is 15.5 Å². The molecule has 1 aromatic carbocycles. The number of hydrogen-bond donors (Lipinski definition) is 2. The van der Waals surface area contributed by atoms with Crippen molar-refractivity contribution in [3.05, 3.63) is 40.3 Å². The van der Waals surface area contributed by atoms with Gasteiger partial charge in [0, 0.05) is 19.0 Å². The third-order valence-corrected chi connectivity index (χ3v) is 6.49. The summed E-state index contributed by atoms with van der Waals surface area (Å²) in [5.74, 6) is -0.501. The Balaban J connectivity index is 1.58. The van der Waals surface area contributed by atoms with Crippen LogP contribution in [0.25, 0.3) is 0 Å². The maximum absolute atomic E-state index is 13.2. The molecule has 1 aliphatic carbocycles. The van der Waals surface area contributed by atoms with Crippen LogP contribution >= 0.6 is 11.3 Å².